The Hall–Kier alpha value is -3.39. The number of fused-ring (bicyclic) bond motifs is 1. The standard InChI is InChI=1S/C25H30N4O4/c1-5-31-23(30)14-27-20-11-10-17-18(20)7-6-8-19(17)24-28-25(33-29-24)16-9-12-22(32-15(2)3)21(13-16)26-4/h6-9,12-13,15,20,26-27H,5,10-11,14H2,1-4H3. The average molecular weight is 451 g/mol. The van der Waals surface area contributed by atoms with Crippen LogP contribution in [0.4, 0.5) is 5.69 Å². The summed E-state index contributed by atoms with van der Waals surface area (Å²) in [7, 11) is 1.85. The Morgan fingerprint density at radius 1 is 1.27 bits per heavy atom. The van der Waals surface area contributed by atoms with E-state index >= 15 is 0 Å². The highest BCUT2D eigenvalue weighted by Gasteiger charge is 2.27. The fraction of sp³-hybridized carbons (Fsp3) is 0.400. The summed E-state index contributed by atoms with van der Waals surface area (Å²) in [4.78, 5) is 16.4. The highest BCUT2D eigenvalue weighted by atomic mass is 16.5. The van der Waals surface area contributed by atoms with Gasteiger partial charge in [-0.05, 0) is 62.9 Å². The summed E-state index contributed by atoms with van der Waals surface area (Å²) in [6, 6.07) is 12.0. The van der Waals surface area contributed by atoms with Crippen molar-refractivity contribution in [2.24, 2.45) is 0 Å². The van der Waals surface area contributed by atoms with Gasteiger partial charge in [0.25, 0.3) is 5.89 Å². The SMILES string of the molecule is CCOC(=O)CNC1CCc2c(-c3noc(-c4ccc(OC(C)C)c(NC)c4)n3)cccc21. The highest BCUT2D eigenvalue weighted by Crippen LogP contribution is 2.38. The average Bonchev–Trinajstić information content (AvgIpc) is 3.45. The van der Waals surface area contributed by atoms with E-state index in [4.69, 9.17) is 14.0 Å². The van der Waals surface area contributed by atoms with E-state index in [2.05, 4.69) is 26.8 Å². The van der Waals surface area contributed by atoms with Crippen LogP contribution >= 0.6 is 0 Å². The van der Waals surface area contributed by atoms with Crippen molar-refractivity contribution in [3.05, 3.63) is 47.5 Å². The van der Waals surface area contributed by atoms with Gasteiger partial charge < -0.3 is 24.6 Å². The molecule has 2 N–H and O–H groups in total. The lowest BCUT2D eigenvalue weighted by atomic mass is 10.0. The van der Waals surface area contributed by atoms with Crippen LogP contribution in [-0.4, -0.2) is 42.4 Å². The Bertz CT molecular complexity index is 1130. The second-order valence-electron chi connectivity index (χ2n) is 8.20. The van der Waals surface area contributed by atoms with Crippen LogP contribution in [0.1, 0.15) is 44.4 Å². The number of ether oxygens (including phenoxy) is 2. The van der Waals surface area contributed by atoms with E-state index in [1.165, 1.54) is 5.56 Å². The molecule has 8 heteroatoms. The first-order valence-corrected chi connectivity index (χ1v) is 11.3. The van der Waals surface area contributed by atoms with Crippen LogP contribution in [0.15, 0.2) is 40.9 Å². The van der Waals surface area contributed by atoms with E-state index in [1.807, 2.05) is 58.2 Å². The maximum absolute atomic E-state index is 11.7. The number of aromatic nitrogens is 2. The molecule has 0 fully saturated rings. The molecule has 3 aromatic rings. The molecule has 0 radical (unpaired) electrons. The molecular weight excluding hydrogens is 420 g/mol. The maximum atomic E-state index is 11.7. The third kappa shape index (κ3) is 5.01. The summed E-state index contributed by atoms with van der Waals surface area (Å²) < 4.78 is 16.5. The van der Waals surface area contributed by atoms with E-state index in [9.17, 15) is 4.79 Å². The lowest BCUT2D eigenvalue weighted by Crippen LogP contribution is -2.27. The number of rotatable bonds is 9. The molecule has 1 heterocycles. The number of hydrogen-bond acceptors (Lipinski definition) is 8. The summed E-state index contributed by atoms with van der Waals surface area (Å²) in [6.07, 6.45) is 1.86. The zero-order valence-corrected chi connectivity index (χ0v) is 19.5. The van der Waals surface area contributed by atoms with Crippen molar-refractivity contribution < 1.29 is 18.8 Å². The molecule has 4 rings (SSSR count). The molecule has 0 aliphatic heterocycles. The number of nitrogens with one attached hydrogen (secondary N) is 2. The summed E-state index contributed by atoms with van der Waals surface area (Å²) in [6.45, 7) is 6.37. The van der Waals surface area contributed by atoms with E-state index in [-0.39, 0.29) is 24.7 Å². The topological polar surface area (TPSA) is 98.5 Å². The predicted octanol–water partition coefficient (Wildman–Crippen LogP) is 4.37. The third-order valence-corrected chi connectivity index (χ3v) is 5.59. The van der Waals surface area contributed by atoms with Crippen molar-refractivity contribution in [1.29, 1.82) is 0 Å². The van der Waals surface area contributed by atoms with E-state index in [1.54, 1.807) is 0 Å². The minimum absolute atomic E-state index is 0.0775. The number of carbonyl (C=O) groups is 1. The highest BCUT2D eigenvalue weighted by molar-refractivity contribution is 5.72. The predicted molar refractivity (Wildman–Crippen MR) is 126 cm³/mol. The largest absolute Gasteiger partial charge is 0.489 e. The van der Waals surface area contributed by atoms with Crippen LogP contribution in [0.2, 0.25) is 0 Å². The van der Waals surface area contributed by atoms with Gasteiger partial charge in [0, 0.05) is 24.2 Å². The fourth-order valence-corrected chi connectivity index (χ4v) is 4.16. The van der Waals surface area contributed by atoms with Crippen molar-refractivity contribution in [2.45, 2.75) is 45.8 Å². The number of anilines is 1. The van der Waals surface area contributed by atoms with E-state index in [0.717, 1.165) is 41.0 Å². The first-order chi connectivity index (χ1) is 16.0. The second-order valence-corrected chi connectivity index (χ2v) is 8.20. The number of carbonyl (C=O) groups excluding carboxylic acids is 1. The number of hydrogen-bond donors (Lipinski definition) is 2. The second kappa shape index (κ2) is 10.0. The van der Waals surface area contributed by atoms with Gasteiger partial charge in [-0.3, -0.25) is 4.79 Å². The summed E-state index contributed by atoms with van der Waals surface area (Å²) >= 11 is 0. The van der Waals surface area contributed by atoms with Gasteiger partial charge >= 0.3 is 5.97 Å². The molecular formula is C25H30N4O4. The molecule has 0 amide bonds. The van der Waals surface area contributed by atoms with Gasteiger partial charge in [-0.1, -0.05) is 23.4 Å². The van der Waals surface area contributed by atoms with Crippen LogP contribution in [-0.2, 0) is 16.0 Å². The van der Waals surface area contributed by atoms with Gasteiger partial charge in [-0.2, -0.15) is 4.98 Å². The van der Waals surface area contributed by atoms with Gasteiger partial charge in [-0.25, -0.2) is 0 Å². The molecule has 0 bridgehead atoms. The van der Waals surface area contributed by atoms with Crippen molar-refractivity contribution in [3.8, 4) is 28.6 Å². The lowest BCUT2D eigenvalue weighted by molar-refractivity contribution is -0.142. The first-order valence-electron chi connectivity index (χ1n) is 11.3. The zero-order valence-electron chi connectivity index (χ0n) is 19.5. The fourth-order valence-electron chi connectivity index (χ4n) is 4.16. The van der Waals surface area contributed by atoms with E-state index in [0.29, 0.717) is 18.3 Å². The molecule has 0 saturated carbocycles. The van der Waals surface area contributed by atoms with Gasteiger partial charge in [0.05, 0.1) is 24.9 Å². The monoisotopic (exact) mass is 450 g/mol. The number of benzene rings is 2. The van der Waals surface area contributed by atoms with E-state index < -0.39 is 0 Å². The Morgan fingerprint density at radius 2 is 2.12 bits per heavy atom. The Kier molecular flexibility index (Phi) is 6.93. The third-order valence-electron chi connectivity index (χ3n) is 5.59. The maximum Gasteiger partial charge on any atom is 0.319 e. The molecule has 2 aromatic carbocycles. The molecule has 1 aliphatic rings. The van der Waals surface area contributed by atoms with Gasteiger partial charge in [0.15, 0.2) is 0 Å². The van der Waals surface area contributed by atoms with Crippen molar-refractivity contribution >= 4 is 11.7 Å². The lowest BCUT2D eigenvalue weighted by Gasteiger charge is -2.14. The van der Waals surface area contributed by atoms with Gasteiger partial charge in [0.2, 0.25) is 5.82 Å². The van der Waals surface area contributed by atoms with Crippen LogP contribution in [0, 0.1) is 0 Å². The van der Waals surface area contributed by atoms with Crippen molar-refractivity contribution in [3.63, 3.8) is 0 Å². The summed E-state index contributed by atoms with van der Waals surface area (Å²) in [5, 5.41) is 10.7. The molecule has 1 aromatic heterocycles. The molecule has 1 unspecified atom stereocenters. The van der Waals surface area contributed by atoms with Crippen LogP contribution < -0.4 is 15.4 Å². The molecule has 1 atom stereocenters. The summed E-state index contributed by atoms with van der Waals surface area (Å²) in [5.41, 5.74) is 4.97. The quantitative estimate of drug-likeness (QED) is 0.464. The molecule has 174 valence electrons. The van der Waals surface area contributed by atoms with Gasteiger partial charge in [0.1, 0.15) is 5.75 Å². The normalized spacial score (nSPS) is 14.9. The zero-order chi connectivity index (χ0) is 23.4. The van der Waals surface area contributed by atoms with Crippen LogP contribution in [0.3, 0.4) is 0 Å². The molecule has 8 nitrogen and oxygen atoms in total. The first kappa shape index (κ1) is 22.8. The number of nitrogens with zero attached hydrogens (tertiary/aromatic N) is 2. The number of esters is 1. The van der Waals surface area contributed by atoms with Gasteiger partial charge in [-0.15, -0.1) is 0 Å². The minimum atomic E-state index is -0.240. The Labute approximate surface area is 193 Å². The molecule has 0 saturated heterocycles. The molecule has 0 spiro atoms. The Morgan fingerprint density at radius 3 is 2.88 bits per heavy atom. The van der Waals surface area contributed by atoms with Crippen molar-refractivity contribution in [1.82, 2.24) is 15.5 Å². The molecule has 33 heavy (non-hydrogen) atoms. The smallest absolute Gasteiger partial charge is 0.319 e. The molecule has 1 aliphatic carbocycles. The summed E-state index contributed by atoms with van der Waals surface area (Å²) in [5.74, 6) is 1.54. The Balaban J connectivity index is 1.56. The van der Waals surface area contributed by atoms with Crippen molar-refractivity contribution in [2.75, 3.05) is 25.5 Å². The van der Waals surface area contributed by atoms with Crippen LogP contribution in [0.5, 0.6) is 5.75 Å². The minimum Gasteiger partial charge on any atom is -0.489 e. The van der Waals surface area contributed by atoms with Crippen LogP contribution in [0.25, 0.3) is 22.8 Å².